The van der Waals surface area contributed by atoms with Crippen LogP contribution in [0.2, 0.25) is 10.0 Å². The van der Waals surface area contributed by atoms with Gasteiger partial charge in [-0.15, -0.1) is 5.10 Å². The fourth-order valence-corrected chi connectivity index (χ4v) is 4.61. The summed E-state index contributed by atoms with van der Waals surface area (Å²) in [6.07, 6.45) is 5.32. The molecule has 0 N–H and O–H groups in total. The number of hydrogen-bond donors (Lipinski definition) is 0. The highest BCUT2D eigenvalue weighted by molar-refractivity contribution is 6.31. The van der Waals surface area contributed by atoms with Crippen molar-refractivity contribution in [3.05, 3.63) is 129 Å². The summed E-state index contributed by atoms with van der Waals surface area (Å²) < 4.78 is 4.74. The van der Waals surface area contributed by atoms with Crippen molar-refractivity contribution in [2.45, 2.75) is 13.1 Å². The summed E-state index contributed by atoms with van der Waals surface area (Å²) in [6, 6.07) is 25.0. The van der Waals surface area contributed by atoms with E-state index in [1.807, 2.05) is 77.5 Å². The molecule has 0 spiro atoms. The molecule has 0 atom stereocenters. The molecule has 0 unspecified atom stereocenters. The Bertz CT molecular complexity index is 1750. The molecule has 0 saturated carbocycles. The summed E-state index contributed by atoms with van der Waals surface area (Å²) in [5.41, 5.74) is 4.62. The first-order valence-electron chi connectivity index (χ1n) is 11.6. The van der Waals surface area contributed by atoms with Gasteiger partial charge in [0.2, 0.25) is 0 Å². The largest absolute Gasteiger partial charge is 0.367 e. The van der Waals surface area contributed by atoms with Crippen molar-refractivity contribution in [2.24, 2.45) is 0 Å². The molecule has 3 aromatic heterocycles. The minimum Gasteiger partial charge on any atom is -0.329 e. The zero-order valence-electron chi connectivity index (χ0n) is 19.5. The highest BCUT2D eigenvalue weighted by Crippen LogP contribution is 2.35. The molecular formula is C28H20Cl2N6O. The number of hydrogen-bond acceptors (Lipinski definition) is 4. The highest BCUT2D eigenvalue weighted by atomic mass is 35.5. The first-order chi connectivity index (χ1) is 18.1. The van der Waals surface area contributed by atoms with E-state index in [0.717, 1.165) is 33.6 Å². The Morgan fingerprint density at radius 1 is 0.784 bits per heavy atom. The van der Waals surface area contributed by atoms with Crippen LogP contribution in [0.15, 0.2) is 102 Å². The topological polar surface area (TPSA) is 70.0 Å². The monoisotopic (exact) mass is 526 g/mol. The van der Waals surface area contributed by atoms with Crippen molar-refractivity contribution < 1.29 is 0 Å². The van der Waals surface area contributed by atoms with Gasteiger partial charge < -0.3 is 4.57 Å². The molecule has 0 fully saturated rings. The van der Waals surface area contributed by atoms with E-state index >= 15 is 0 Å². The molecule has 6 aromatic rings. The minimum atomic E-state index is -0.345. The van der Waals surface area contributed by atoms with Crippen molar-refractivity contribution in [1.29, 1.82) is 0 Å². The molecule has 0 amide bonds. The SMILES string of the molecule is O=c1n(Cc2nccn2Cc2ccccc2)nc2c(-c3ccc(Cl)cc3)c(-c3ccc(Cl)cc3)cnn12. The molecule has 0 bridgehead atoms. The quantitative estimate of drug-likeness (QED) is 0.274. The third-order valence-electron chi connectivity index (χ3n) is 6.19. The maximum absolute atomic E-state index is 13.4. The van der Waals surface area contributed by atoms with Gasteiger partial charge in [-0.1, -0.05) is 77.8 Å². The van der Waals surface area contributed by atoms with Gasteiger partial charge in [-0.05, 0) is 41.0 Å². The predicted molar refractivity (Wildman–Crippen MR) is 145 cm³/mol. The van der Waals surface area contributed by atoms with Crippen LogP contribution in [0.1, 0.15) is 11.4 Å². The van der Waals surface area contributed by atoms with Crippen LogP contribution in [0.5, 0.6) is 0 Å². The van der Waals surface area contributed by atoms with E-state index in [1.54, 1.807) is 12.4 Å². The van der Waals surface area contributed by atoms with E-state index in [2.05, 4.69) is 22.2 Å². The third kappa shape index (κ3) is 4.55. The zero-order chi connectivity index (χ0) is 25.4. The summed E-state index contributed by atoms with van der Waals surface area (Å²) in [4.78, 5) is 17.9. The van der Waals surface area contributed by atoms with E-state index < -0.39 is 0 Å². The van der Waals surface area contributed by atoms with Gasteiger partial charge in [0.05, 0.1) is 6.20 Å². The standard InChI is InChI=1S/C28H20Cl2N6O/c29-22-10-6-20(7-11-22)24-16-32-36-27(26(24)21-8-12-23(30)13-9-21)33-35(28(36)37)18-25-31-14-15-34(25)17-19-4-2-1-3-5-19/h1-16H,17-18H2. The van der Waals surface area contributed by atoms with E-state index in [0.29, 0.717) is 22.2 Å². The molecule has 3 heterocycles. The summed E-state index contributed by atoms with van der Waals surface area (Å²) >= 11 is 12.3. The highest BCUT2D eigenvalue weighted by Gasteiger charge is 2.19. The van der Waals surface area contributed by atoms with E-state index in [9.17, 15) is 4.79 Å². The summed E-state index contributed by atoms with van der Waals surface area (Å²) in [6.45, 7) is 0.853. The lowest BCUT2D eigenvalue weighted by Gasteiger charge is -2.11. The maximum Gasteiger partial charge on any atom is 0.367 e. The van der Waals surface area contributed by atoms with Crippen LogP contribution < -0.4 is 5.69 Å². The Balaban J connectivity index is 1.47. The van der Waals surface area contributed by atoms with Gasteiger partial charge in [-0.2, -0.15) is 9.61 Å². The van der Waals surface area contributed by atoms with Gasteiger partial charge in [0.25, 0.3) is 0 Å². The molecule has 3 aromatic carbocycles. The van der Waals surface area contributed by atoms with Crippen molar-refractivity contribution in [3.63, 3.8) is 0 Å². The van der Waals surface area contributed by atoms with Crippen LogP contribution in [-0.2, 0) is 13.1 Å². The van der Waals surface area contributed by atoms with E-state index in [4.69, 9.17) is 28.3 Å². The zero-order valence-corrected chi connectivity index (χ0v) is 21.0. The van der Waals surface area contributed by atoms with Crippen molar-refractivity contribution in [3.8, 4) is 22.3 Å². The van der Waals surface area contributed by atoms with Gasteiger partial charge in [0.15, 0.2) is 5.65 Å². The normalized spacial score (nSPS) is 11.3. The van der Waals surface area contributed by atoms with Crippen LogP contribution in [0.4, 0.5) is 0 Å². The van der Waals surface area contributed by atoms with Gasteiger partial charge in [-0.25, -0.2) is 14.5 Å². The van der Waals surface area contributed by atoms with Crippen LogP contribution >= 0.6 is 23.2 Å². The fourth-order valence-electron chi connectivity index (χ4n) is 4.36. The lowest BCUT2D eigenvalue weighted by atomic mass is 9.97. The number of aromatic nitrogens is 6. The number of benzene rings is 3. The van der Waals surface area contributed by atoms with E-state index in [1.165, 1.54) is 9.20 Å². The van der Waals surface area contributed by atoms with E-state index in [-0.39, 0.29) is 12.2 Å². The third-order valence-corrected chi connectivity index (χ3v) is 6.69. The Morgan fingerprint density at radius 3 is 2.16 bits per heavy atom. The maximum atomic E-state index is 13.4. The Labute approximate surface area is 222 Å². The molecular weight excluding hydrogens is 507 g/mol. The molecule has 0 radical (unpaired) electrons. The van der Waals surface area contributed by atoms with Crippen molar-refractivity contribution in [2.75, 3.05) is 0 Å². The first-order valence-corrected chi connectivity index (χ1v) is 12.4. The summed E-state index contributed by atoms with van der Waals surface area (Å²) in [7, 11) is 0. The fraction of sp³-hybridized carbons (Fsp3) is 0.0714. The molecule has 9 heteroatoms. The molecule has 0 aliphatic heterocycles. The van der Waals surface area contributed by atoms with Crippen LogP contribution in [0, 0.1) is 0 Å². The van der Waals surface area contributed by atoms with Gasteiger partial charge >= 0.3 is 5.69 Å². The molecule has 182 valence electrons. The molecule has 7 nitrogen and oxygen atoms in total. The average molecular weight is 527 g/mol. The second-order valence-corrected chi connectivity index (χ2v) is 9.45. The average Bonchev–Trinajstić information content (AvgIpc) is 3.49. The molecule has 0 aliphatic carbocycles. The van der Waals surface area contributed by atoms with Crippen LogP contribution in [-0.4, -0.2) is 28.9 Å². The second kappa shape index (κ2) is 9.69. The smallest absolute Gasteiger partial charge is 0.329 e. The number of halogens is 2. The summed E-state index contributed by atoms with van der Waals surface area (Å²) in [5.74, 6) is 0.723. The first kappa shape index (κ1) is 23.2. The Morgan fingerprint density at radius 2 is 1.46 bits per heavy atom. The predicted octanol–water partition coefficient (Wildman–Crippen LogP) is 5.82. The number of imidazole rings is 1. The number of nitrogens with zero attached hydrogens (tertiary/aromatic N) is 6. The van der Waals surface area contributed by atoms with Crippen molar-refractivity contribution >= 4 is 28.8 Å². The lowest BCUT2D eigenvalue weighted by Crippen LogP contribution is -2.24. The van der Waals surface area contributed by atoms with Gasteiger partial charge in [-0.3, -0.25) is 0 Å². The minimum absolute atomic E-state index is 0.207. The lowest BCUT2D eigenvalue weighted by molar-refractivity contribution is 0.594. The molecule has 37 heavy (non-hydrogen) atoms. The molecule has 6 rings (SSSR count). The second-order valence-electron chi connectivity index (χ2n) is 8.58. The molecule has 0 saturated heterocycles. The van der Waals surface area contributed by atoms with Crippen LogP contribution in [0.3, 0.4) is 0 Å². The Hall–Kier alpha value is -4.20. The molecule has 0 aliphatic rings. The number of fused-ring (bicyclic) bond motifs is 1. The Kier molecular flexibility index (Phi) is 6.08. The van der Waals surface area contributed by atoms with Gasteiger partial charge in [0.1, 0.15) is 12.4 Å². The van der Waals surface area contributed by atoms with Crippen LogP contribution in [0.25, 0.3) is 27.9 Å². The van der Waals surface area contributed by atoms with Crippen molar-refractivity contribution in [1.82, 2.24) is 28.9 Å². The number of rotatable bonds is 6. The summed E-state index contributed by atoms with van der Waals surface area (Å²) in [5, 5.41) is 10.4. The van der Waals surface area contributed by atoms with Gasteiger partial charge in [0, 0.05) is 40.1 Å².